The van der Waals surface area contributed by atoms with Crippen molar-refractivity contribution < 1.29 is 13.2 Å². The molecule has 0 amide bonds. The van der Waals surface area contributed by atoms with Gasteiger partial charge in [0.2, 0.25) is 10.0 Å². The van der Waals surface area contributed by atoms with Gasteiger partial charge in [-0.05, 0) is 44.0 Å². The molecular formula is C14H19BrN2O3S. The maximum Gasteiger partial charge on any atom is 0.247 e. The Labute approximate surface area is 133 Å². The molecule has 5 nitrogen and oxygen atoms in total. The minimum absolute atomic E-state index is 0.0474. The molecule has 1 aromatic carbocycles. The topological polar surface area (TPSA) is 58.6 Å². The molecule has 2 unspecified atom stereocenters. The Morgan fingerprint density at radius 3 is 2.81 bits per heavy atom. The fourth-order valence-corrected chi connectivity index (χ4v) is 5.89. The first kappa shape index (κ1) is 15.3. The number of sulfonamides is 1. The quantitative estimate of drug-likeness (QED) is 0.878. The van der Waals surface area contributed by atoms with Crippen molar-refractivity contribution in [1.29, 1.82) is 0 Å². The van der Waals surface area contributed by atoms with Crippen molar-refractivity contribution in [3.05, 3.63) is 22.7 Å². The van der Waals surface area contributed by atoms with Crippen LogP contribution in [0.4, 0.5) is 0 Å². The van der Waals surface area contributed by atoms with Crippen molar-refractivity contribution in [1.82, 2.24) is 9.62 Å². The Kier molecular flexibility index (Phi) is 4.27. The van der Waals surface area contributed by atoms with Gasteiger partial charge in [-0.15, -0.1) is 0 Å². The highest BCUT2D eigenvalue weighted by atomic mass is 79.9. The van der Waals surface area contributed by atoms with Crippen LogP contribution >= 0.6 is 15.9 Å². The molecule has 1 N–H and O–H groups in total. The summed E-state index contributed by atoms with van der Waals surface area (Å²) in [5.41, 5.74) is 0. The lowest BCUT2D eigenvalue weighted by Gasteiger charge is -2.27. The molecule has 2 saturated heterocycles. The summed E-state index contributed by atoms with van der Waals surface area (Å²) in [5.74, 6) is 0.398. The van der Waals surface area contributed by atoms with Gasteiger partial charge in [0.15, 0.2) is 0 Å². The maximum atomic E-state index is 13.1. The van der Waals surface area contributed by atoms with Crippen molar-refractivity contribution in [2.45, 2.75) is 36.2 Å². The minimum Gasteiger partial charge on any atom is -0.495 e. The van der Waals surface area contributed by atoms with Gasteiger partial charge in [0.1, 0.15) is 10.6 Å². The number of hydrogen-bond acceptors (Lipinski definition) is 4. The molecule has 3 rings (SSSR count). The Morgan fingerprint density at radius 2 is 2.05 bits per heavy atom. The second kappa shape index (κ2) is 5.87. The number of rotatable bonds is 3. The molecule has 116 valence electrons. The zero-order chi connectivity index (χ0) is 15.0. The van der Waals surface area contributed by atoms with Crippen LogP contribution in [-0.2, 0) is 10.0 Å². The predicted molar refractivity (Wildman–Crippen MR) is 84.0 cm³/mol. The number of benzene rings is 1. The zero-order valence-corrected chi connectivity index (χ0v) is 14.3. The van der Waals surface area contributed by atoms with E-state index in [1.165, 1.54) is 7.11 Å². The number of ether oxygens (including phenoxy) is 1. The molecule has 0 aromatic heterocycles. The van der Waals surface area contributed by atoms with Crippen LogP contribution < -0.4 is 10.1 Å². The van der Waals surface area contributed by atoms with Crippen LogP contribution in [0.15, 0.2) is 27.6 Å². The first-order valence-corrected chi connectivity index (χ1v) is 9.35. The summed E-state index contributed by atoms with van der Waals surface area (Å²) >= 11 is 3.35. The molecule has 21 heavy (non-hydrogen) atoms. The number of halogens is 1. The molecule has 1 aromatic rings. The molecule has 0 spiro atoms. The van der Waals surface area contributed by atoms with Crippen LogP contribution in [0.2, 0.25) is 0 Å². The second-order valence-corrected chi connectivity index (χ2v) is 8.24. The first-order chi connectivity index (χ1) is 10.0. The van der Waals surface area contributed by atoms with Gasteiger partial charge in [-0.25, -0.2) is 8.42 Å². The van der Waals surface area contributed by atoms with Gasteiger partial charge in [0, 0.05) is 23.1 Å². The molecule has 2 fully saturated rings. The highest BCUT2D eigenvalue weighted by molar-refractivity contribution is 9.10. The fraction of sp³-hybridized carbons (Fsp3) is 0.571. The number of methoxy groups -OCH3 is 1. The Balaban J connectivity index is 2.06. The summed E-state index contributed by atoms with van der Waals surface area (Å²) in [7, 11) is -2.05. The van der Waals surface area contributed by atoms with Crippen molar-refractivity contribution in [3.63, 3.8) is 0 Å². The van der Waals surface area contributed by atoms with Crippen LogP contribution in [-0.4, -0.2) is 45.0 Å². The van der Waals surface area contributed by atoms with E-state index in [9.17, 15) is 8.42 Å². The van der Waals surface area contributed by atoms with Gasteiger partial charge in [0.05, 0.1) is 7.11 Å². The average molecular weight is 375 g/mol. The van der Waals surface area contributed by atoms with Crippen LogP contribution in [0, 0.1) is 0 Å². The van der Waals surface area contributed by atoms with Crippen molar-refractivity contribution in [2.24, 2.45) is 0 Å². The van der Waals surface area contributed by atoms with E-state index >= 15 is 0 Å². The maximum absolute atomic E-state index is 13.1. The zero-order valence-electron chi connectivity index (χ0n) is 11.9. The van der Waals surface area contributed by atoms with Crippen LogP contribution in [0.3, 0.4) is 0 Å². The summed E-state index contributed by atoms with van der Waals surface area (Å²) in [6.45, 7) is 1.61. The molecule has 0 saturated carbocycles. The van der Waals surface area contributed by atoms with Crippen LogP contribution in [0.25, 0.3) is 0 Å². The number of nitrogens with zero attached hydrogens (tertiary/aromatic N) is 1. The summed E-state index contributed by atoms with van der Waals surface area (Å²) < 4.78 is 34.0. The lowest BCUT2D eigenvalue weighted by Crippen LogP contribution is -2.42. The van der Waals surface area contributed by atoms with Gasteiger partial charge in [0.25, 0.3) is 0 Å². The largest absolute Gasteiger partial charge is 0.495 e. The molecule has 2 atom stereocenters. The summed E-state index contributed by atoms with van der Waals surface area (Å²) in [5, 5.41) is 3.33. The number of fused-ring (bicyclic) bond motifs is 2. The smallest absolute Gasteiger partial charge is 0.247 e. The molecule has 2 bridgehead atoms. The minimum atomic E-state index is -3.55. The SMILES string of the molecule is COc1ccc(Br)cc1S(=O)(=O)N1C2CCNCC1CC2. The van der Waals surface area contributed by atoms with E-state index in [4.69, 9.17) is 4.74 Å². The van der Waals surface area contributed by atoms with E-state index in [1.807, 2.05) is 0 Å². The van der Waals surface area contributed by atoms with Crippen molar-refractivity contribution in [2.75, 3.05) is 20.2 Å². The number of hydrogen-bond donors (Lipinski definition) is 1. The molecule has 2 aliphatic heterocycles. The van der Waals surface area contributed by atoms with E-state index in [0.29, 0.717) is 5.75 Å². The molecular weight excluding hydrogens is 356 g/mol. The Bertz CT molecular complexity index is 621. The highest BCUT2D eigenvalue weighted by Crippen LogP contribution is 2.37. The van der Waals surface area contributed by atoms with Crippen LogP contribution in [0.5, 0.6) is 5.75 Å². The van der Waals surface area contributed by atoms with Gasteiger partial charge >= 0.3 is 0 Å². The Morgan fingerprint density at radius 1 is 1.29 bits per heavy atom. The summed E-state index contributed by atoms with van der Waals surface area (Å²) in [6.07, 6.45) is 2.74. The fourth-order valence-electron chi connectivity index (χ4n) is 3.30. The van der Waals surface area contributed by atoms with E-state index in [0.717, 1.165) is 36.8 Å². The van der Waals surface area contributed by atoms with E-state index in [1.54, 1.807) is 22.5 Å². The van der Waals surface area contributed by atoms with Gasteiger partial charge in [-0.1, -0.05) is 15.9 Å². The lowest BCUT2D eigenvalue weighted by atomic mass is 10.1. The highest BCUT2D eigenvalue weighted by Gasteiger charge is 2.43. The van der Waals surface area contributed by atoms with Crippen LogP contribution in [0.1, 0.15) is 19.3 Å². The van der Waals surface area contributed by atoms with Gasteiger partial charge < -0.3 is 10.1 Å². The van der Waals surface area contributed by atoms with E-state index < -0.39 is 10.0 Å². The number of nitrogens with one attached hydrogen (secondary N) is 1. The molecule has 2 heterocycles. The van der Waals surface area contributed by atoms with E-state index in [2.05, 4.69) is 21.2 Å². The lowest BCUT2D eigenvalue weighted by molar-refractivity contribution is 0.331. The monoisotopic (exact) mass is 374 g/mol. The third-order valence-electron chi connectivity index (χ3n) is 4.27. The van der Waals surface area contributed by atoms with Crippen molar-refractivity contribution >= 4 is 26.0 Å². The van der Waals surface area contributed by atoms with Gasteiger partial charge in [-0.3, -0.25) is 0 Å². The molecule has 2 aliphatic rings. The standard InChI is InChI=1S/C14H19BrN2O3S/c1-20-13-5-2-10(15)8-14(13)21(18,19)17-11-3-4-12(17)9-16-7-6-11/h2,5,8,11-12,16H,3-4,6-7,9H2,1H3. The predicted octanol–water partition coefficient (Wildman–Crippen LogP) is 1.97. The average Bonchev–Trinajstić information content (AvgIpc) is 2.72. The summed E-state index contributed by atoms with van der Waals surface area (Å²) in [6, 6.07) is 5.25. The third-order valence-corrected chi connectivity index (χ3v) is 6.79. The first-order valence-electron chi connectivity index (χ1n) is 7.12. The van der Waals surface area contributed by atoms with Gasteiger partial charge in [-0.2, -0.15) is 4.31 Å². The Hall–Kier alpha value is -0.630. The van der Waals surface area contributed by atoms with Crippen molar-refractivity contribution in [3.8, 4) is 5.75 Å². The third kappa shape index (κ3) is 2.72. The molecule has 0 radical (unpaired) electrons. The van der Waals surface area contributed by atoms with E-state index in [-0.39, 0.29) is 17.0 Å². The second-order valence-electron chi connectivity index (χ2n) is 5.51. The normalized spacial score (nSPS) is 26.6. The molecule has 0 aliphatic carbocycles. The summed E-state index contributed by atoms with van der Waals surface area (Å²) in [4.78, 5) is 0.248. The molecule has 7 heteroatoms.